The van der Waals surface area contributed by atoms with Crippen molar-refractivity contribution in [3.63, 3.8) is 0 Å². The Bertz CT molecular complexity index is 344. The van der Waals surface area contributed by atoms with Gasteiger partial charge in [0.15, 0.2) is 0 Å². The fraction of sp³-hybridized carbons (Fsp3) is 0.571. The van der Waals surface area contributed by atoms with Crippen LogP contribution in [0.2, 0.25) is 0 Å². The Labute approximate surface area is 114 Å². The Morgan fingerprint density at radius 3 is 2.67 bits per heavy atom. The molecule has 1 rings (SSSR count). The van der Waals surface area contributed by atoms with Gasteiger partial charge in [-0.2, -0.15) is 11.8 Å². The molecule has 0 spiro atoms. The Balaban J connectivity index is 2.76. The third-order valence-electron chi connectivity index (χ3n) is 2.55. The van der Waals surface area contributed by atoms with Crippen molar-refractivity contribution in [2.45, 2.75) is 38.5 Å². The number of nitrogens with one attached hydrogen (secondary N) is 1. The van der Waals surface area contributed by atoms with Gasteiger partial charge in [0.2, 0.25) is 0 Å². The molecule has 0 saturated heterocycles. The van der Waals surface area contributed by atoms with Crippen LogP contribution in [0.15, 0.2) is 24.3 Å². The van der Waals surface area contributed by atoms with Crippen molar-refractivity contribution in [1.29, 1.82) is 0 Å². The van der Waals surface area contributed by atoms with Gasteiger partial charge in [-0.3, -0.25) is 11.3 Å². The maximum Gasteiger partial charge on any atom is 0.124 e. The van der Waals surface area contributed by atoms with Gasteiger partial charge in [0.25, 0.3) is 0 Å². The van der Waals surface area contributed by atoms with Crippen molar-refractivity contribution in [2.24, 2.45) is 5.84 Å². The highest BCUT2D eigenvalue weighted by atomic mass is 32.2. The fourth-order valence-electron chi connectivity index (χ4n) is 1.63. The monoisotopic (exact) mass is 268 g/mol. The highest BCUT2D eigenvalue weighted by molar-refractivity contribution is 7.99. The molecule has 0 fully saturated rings. The van der Waals surface area contributed by atoms with Crippen LogP contribution in [0.3, 0.4) is 0 Å². The van der Waals surface area contributed by atoms with Gasteiger partial charge in [-0.05, 0) is 17.7 Å². The average Bonchev–Trinajstić information content (AvgIpc) is 2.38. The lowest BCUT2D eigenvalue weighted by Gasteiger charge is -2.20. The van der Waals surface area contributed by atoms with Crippen LogP contribution in [0, 0.1) is 0 Å². The van der Waals surface area contributed by atoms with Gasteiger partial charge in [-0.25, -0.2) is 0 Å². The van der Waals surface area contributed by atoms with Crippen molar-refractivity contribution >= 4 is 11.8 Å². The molecule has 102 valence electrons. The number of nitrogens with two attached hydrogens (primary N) is 1. The molecule has 3 N–H and O–H groups in total. The summed E-state index contributed by atoms with van der Waals surface area (Å²) in [6.07, 6.45) is 1.01. The second-order valence-corrected chi connectivity index (χ2v) is 6.10. The molecule has 0 radical (unpaired) electrons. The van der Waals surface area contributed by atoms with Crippen molar-refractivity contribution in [2.75, 3.05) is 12.4 Å². The van der Waals surface area contributed by atoms with E-state index in [-0.39, 0.29) is 6.04 Å². The number of rotatable bonds is 8. The van der Waals surface area contributed by atoms with E-state index in [1.165, 1.54) is 0 Å². The quantitative estimate of drug-likeness (QED) is 0.562. The third-order valence-corrected chi connectivity index (χ3v) is 3.75. The molecule has 1 aromatic carbocycles. The van der Waals surface area contributed by atoms with E-state index >= 15 is 0 Å². The van der Waals surface area contributed by atoms with Gasteiger partial charge in [-0.1, -0.05) is 39.0 Å². The van der Waals surface area contributed by atoms with E-state index in [1.54, 1.807) is 0 Å². The summed E-state index contributed by atoms with van der Waals surface area (Å²) in [5, 5.41) is 0.601. The Morgan fingerprint density at radius 2 is 2.06 bits per heavy atom. The molecule has 0 amide bonds. The summed E-state index contributed by atoms with van der Waals surface area (Å²) in [6, 6.07) is 8.24. The van der Waals surface area contributed by atoms with Gasteiger partial charge >= 0.3 is 0 Å². The molecule has 3 nitrogen and oxygen atoms in total. The van der Waals surface area contributed by atoms with Crippen LogP contribution in [0.25, 0.3) is 0 Å². The summed E-state index contributed by atoms with van der Waals surface area (Å²) < 4.78 is 5.77. The number of hydrogen-bond donors (Lipinski definition) is 2. The van der Waals surface area contributed by atoms with Crippen LogP contribution < -0.4 is 16.0 Å². The summed E-state index contributed by atoms with van der Waals surface area (Å²) >= 11 is 1.89. The molecule has 0 heterocycles. The average molecular weight is 268 g/mol. The molecule has 0 aliphatic heterocycles. The first-order valence-corrected chi connectivity index (χ1v) is 7.53. The zero-order valence-electron chi connectivity index (χ0n) is 11.5. The van der Waals surface area contributed by atoms with Crippen LogP contribution in [0.5, 0.6) is 5.75 Å². The van der Waals surface area contributed by atoms with Crippen molar-refractivity contribution in [3.8, 4) is 5.75 Å². The molecule has 1 aromatic rings. The summed E-state index contributed by atoms with van der Waals surface area (Å²) in [7, 11) is 0. The van der Waals surface area contributed by atoms with Gasteiger partial charge in [0.1, 0.15) is 5.75 Å². The van der Waals surface area contributed by atoms with Crippen LogP contribution in [-0.2, 0) is 0 Å². The number of hydrogen-bond acceptors (Lipinski definition) is 4. The van der Waals surface area contributed by atoms with Gasteiger partial charge in [0.05, 0.1) is 12.6 Å². The fourth-order valence-corrected chi connectivity index (χ4v) is 2.48. The molecule has 1 unspecified atom stereocenters. The number of thioether (sulfide) groups is 1. The summed E-state index contributed by atoms with van der Waals surface area (Å²) in [6.45, 7) is 7.23. The van der Waals surface area contributed by atoms with E-state index in [2.05, 4.69) is 32.3 Å². The first-order chi connectivity index (χ1) is 8.69. The predicted octanol–water partition coefficient (Wildman–Crippen LogP) is 3.12. The maximum absolute atomic E-state index is 5.77. The first kappa shape index (κ1) is 15.3. The first-order valence-electron chi connectivity index (χ1n) is 6.48. The lowest BCUT2D eigenvalue weighted by atomic mass is 10.1. The number of hydrazine groups is 1. The van der Waals surface area contributed by atoms with E-state index in [1.807, 2.05) is 30.0 Å². The van der Waals surface area contributed by atoms with Crippen molar-refractivity contribution in [1.82, 2.24) is 5.43 Å². The molecule has 0 aromatic heterocycles. The molecule has 0 aliphatic rings. The number of para-hydroxylation sites is 1. The number of benzene rings is 1. The third kappa shape index (κ3) is 4.88. The lowest BCUT2D eigenvalue weighted by Crippen LogP contribution is -2.30. The van der Waals surface area contributed by atoms with E-state index in [9.17, 15) is 0 Å². The van der Waals surface area contributed by atoms with Crippen molar-refractivity contribution < 1.29 is 4.74 Å². The highest BCUT2D eigenvalue weighted by Gasteiger charge is 2.15. The van der Waals surface area contributed by atoms with Gasteiger partial charge in [-0.15, -0.1) is 0 Å². The topological polar surface area (TPSA) is 47.3 Å². The van der Waals surface area contributed by atoms with Crippen LogP contribution in [0.1, 0.15) is 38.8 Å². The zero-order valence-corrected chi connectivity index (χ0v) is 12.3. The minimum absolute atomic E-state index is 0.130. The van der Waals surface area contributed by atoms with E-state index in [0.29, 0.717) is 5.25 Å². The van der Waals surface area contributed by atoms with Crippen LogP contribution >= 0.6 is 11.8 Å². The second-order valence-electron chi connectivity index (χ2n) is 4.49. The standard InChI is InChI=1S/C14H24N2OS/c1-4-9-17-14-8-6-5-7-12(14)13(16-15)10-18-11(2)3/h5-8,11,13,16H,4,9-10,15H2,1-3H3. The molecular formula is C14H24N2OS. The molecule has 0 bridgehead atoms. The van der Waals surface area contributed by atoms with Crippen molar-refractivity contribution in [3.05, 3.63) is 29.8 Å². The van der Waals surface area contributed by atoms with Crippen LogP contribution in [0.4, 0.5) is 0 Å². The summed E-state index contributed by atoms with van der Waals surface area (Å²) in [5.74, 6) is 7.55. The molecule has 4 heteroatoms. The predicted molar refractivity (Wildman–Crippen MR) is 79.9 cm³/mol. The molecule has 0 saturated carbocycles. The highest BCUT2D eigenvalue weighted by Crippen LogP contribution is 2.28. The second kappa shape index (κ2) is 8.40. The van der Waals surface area contributed by atoms with Gasteiger partial charge < -0.3 is 4.74 Å². The zero-order chi connectivity index (χ0) is 13.4. The normalized spacial score (nSPS) is 12.7. The Kier molecular flexibility index (Phi) is 7.16. The summed E-state index contributed by atoms with van der Waals surface area (Å²) in [4.78, 5) is 0. The molecule has 0 aliphatic carbocycles. The summed E-state index contributed by atoms with van der Waals surface area (Å²) in [5.41, 5.74) is 4.03. The Morgan fingerprint density at radius 1 is 1.33 bits per heavy atom. The van der Waals surface area contributed by atoms with Gasteiger partial charge in [0, 0.05) is 11.3 Å². The Hall–Kier alpha value is -0.710. The maximum atomic E-state index is 5.77. The minimum atomic E-state index is 0.130. The molecule has 18 heavy (non-hydrogen) atoms. The van der Waals surface area contributed by atoms with E-state index < -0.39 is 0 Å². The smallest absolute Gasteiger partial charge is 0.124 e. The largest absolute Gasteiger partial charge is 0.493 e. The minimum Gasteiger partial charge on any atom is -0.493 e. The SMILES string of the molecule is CCCOc1ccccc1C(CSC(C)C)NN. The molecule has 1 atom stereocenters. The van der Waals surface area contributed by atoms with Crippen LogP contribution in [-0.4, -0.2) is 17.6 Å². The van der Waals surface area contributed by atoms with E-state index in [4.69, 9.17) is 10.6 Å². The molecular weight excluding hydrogens is 244 g/mol. The number of ether oxygens (including phenoxy) is 1. The lowest BCUT2D eigenvalue weighted by molar-refractivity contribution is 0.311. The van der Waals surface area contributed by atoms with E-state index in [0.717, 1.165) is 30.1 Å².